The highest BCUT2D eigenvalue weighted by Gasteiger charge is 2.30. The van der Waals surface area contributed by atoms with Crippen molar-refractivity contribution in [1.29, 1.82) is 0 Å². The second kappa shape index (κ2) is 9.45. The van der Waals surface area contributed by atoms with Crippen molar-refractivity contribution in [3.8, 4) is 5.75 Å². The Morgan fingerprint density at radius 2 is 1.97 bits per heavy atom. The van der Waals surface area contributed by atoms with Gasteiger partial charge < -0.3 is 20.1 Å². The monoisotopic (exact) mass is 442 g/mol. The fourth-order valence-corrected chi connectivity index (χ4v) is 4.85. The number of hydrogen-bond donors (Lipinski definition) is 1. The number of thiophene rings is 1. The summed E-state index contributed by atoms with van der Waals surface area (Å²) in [5, 5.41) is 0.930. The van der Waals surface area contributed by atoms with Crippen LogP contribution in [0.2, 0.25) is 0 Å². The molecule has 0 saturated carbocycles. The van der Waals surface area contributed by atoms with Crippen LogP contribution in [0.25, 0.3) is 10.1 Å². The molecule has 1 saturated heterocycles. The minimum absolute atomic E-state index is 0.0226. The summed E-state index contributed by atoms with van der Waals surface area (Å²) in [6.07, 6.45) is 0.350. The Bertz CT molecular complexity index is 1100. The van der Waals surface area contributed by atoms with Crippen LogP contribution in [0.5, 0.6) is 5.75 Å². The molecule has 3 aromatic rings. The number of rotatable bonds is 7. The lowest BCUT2D eigenvalue weighted by atomic mass is 10.0. The van der Waals surface area contributed by atoms with Gasteiger partial charge in [-0.2, -0.15) is 0 Å². The number of carbonyl (C=O) groups excluding carboxylic acids is 2. The third-order valence-corrected chi connectivity index (χ3v) is 6.43. The van der Waals surface area contributed by atoms with E-state index in [1.54, 1.807) is 23.1 Å². The summed E-state index contributed by atoms with van der Waals surface area (Å²) in [6.45, 7) is 1.47. The summed E-state index contributed by atoms with van der Waals surface area (Å²) in [5.74, 6) is -0.748. The highest BCUT2D eigenvalue weighted by atomic mass is 32.1. The van der Waals surface area contributed by atoms with E-state index in [-0.39, 0.29) is 24.7 Å². The molecule has 1 aromatic heterocycles. The molecule has 1 aliphatic heterocycles. The van der Waals surface area contributed by atoms with E-state index in [1.807, 2.05) is 24.3 Å². The van der Waals surface area contributed by atoms with Crippen molar-refractivity contribution in [1.82, 2.24) is 4.90 Å². The molecule has 31 heavy (non-hydrogen) atoms. The van der Waals surface area contributed by atoms with Crippen LogP contribution in [0.4, 0.5) is 4.39 Å². The summed E-state index contributed by atoms with van der Waals surface area (Å²) in [5.41, 5.74) is 6.37. The van der Waals surface area contributed by atoms with E-state index in [9.17, 15) is 14.0 Å². The smallest absolute Gasteiger partial charge is 0.259 e. The predicted octanol–water partition coefficient (Wildman–Crippen LogP) is 3.90. The van der Waals surface area contributed by atoms with Crippen LogP contribution in [-0.4, -0.2) is 43.0 Å². The number of carbonyl (C=O) groups is 2. The number of benzene rings is 2. The highest BCUT2D eigenvalue weighted by Crippen LogP contribution is 2.38. The fraction of sp³-hybridized carbons (Fsp3) is 0.304. The second-order valence-electron chi connectivity index (χ2n) is 7.29. The standard InChI is InChI=1S/C23H23FN2O4S/c24-16-7-2-3-8-17(16)29-12-5-10-20(27)26-11-13-30-18(14-26)21-15-6-1-4-9-19(15)31-22(21)23(25)28/h1-4,6-9,18H,5,10-14H2,(H2,25,28)/t18-/m0/s1. The van der Waals surface area contributed by atoms with Crippen molar-refractivity contribution in [3.05, 3.63) is 64.8 Å². The highest BCUT2D eigenvalue weighted by molar-refractivity contribution is 7.21. The van der Waals surface area contributed by atoms with Crippen LogP contribution in [0.3, 0.4) is 0 Å². The first-order chi connectivity index (χ1) is 15.0. The van der Waals surface area contributed by atoms with E-state index in [2.05, 4.69) is 0 Å². The Kier molecular flexibility index (Phi) is 6.48. The number of ether oxygens (including phenoxy) is 2. The Labute approximate surface area is 183 Å². The van der Waals surface area contributed by atoms with E-state index < -0.39 is 17.8 Å². The molecular weight excluding hydrogens is 419 g/mol. The van der Waals surface area contributed by atoms with Crippen LogP contribution in [-0.2, 0) is 9.53 Å². The normalized spacial score (nSPS) is 16.4. The maximum atomic E-state index is 13.6. The number of nitrogens with zero attached hydrogens (tertiary/aromatic N) is 1. The van der Waals surface area contributed by atoms with Gasteiger partial charge in [0.15, 0.2) is 11.6 Å². The van der Waals surface area contributed by atoms with Crippen LogP contribution in [0.15, 0.2) is 48.5 Å². The Hall–Kier alpha value is -2.97. The Balaban J connectivity index is 1.39. The van der Waals surface area contributed by atoms with Gasteiger partial charge in [-0.1, -0.05) is 30.3 Å². The molecule has 8 heteroatoms. The summed E-state index contributed by atoms with van der Waals surface area (Å²) >= 11 is 1.35. The summed E-state index contributed by atoms with van der Waals surface area (Å²) in [6, 6.07) is 13.9. The number of amides is 2. The average molecular weight is 443 g/mol. The van der Waals surface area contributed by atoms with E-state index in [0.29, 0.717) is 31.0 Å². The zero-order valence-corrected chi connectivity index (χ0v) is 17.7. The lowest BCUT2D eigenvalue weighted by Gasteiger charge is -2.33. The second-order valence-corrected chi connectivity index (χ2v) is 8.34. The number of nitrogens with two attached hydrogens (primary N) is 1. The molecule has 2 N–H and O–H groups in total. The number of fused-ring (bicyclic) bond motifs is 1. The Morgan fingerprint density at radius 1 is 1.19 bits per heavy atom. The van der Waals surface area contributed by atoms with Crippen molar-refractivity contribution < 1.29 is 23.5 Å². The number of halogens is 1. The molecule has 0 bridgehead atoms. The zero-order valence-electron chi connectivity index (χ0n) is 16.9. The minimum Gasteiger partial charge on any atom is -0.491 e. The van der Waals surface area contributed by atoms with E-state index in [0.717, 1.165) is 15.6 Å². The van der Waals surface area contributed by atoms with Gasteiger partial charge in [0.2, 0.25) is 5.91 Å². The van der Waals surface area contributed by atoms with Gasteiger partial charge in [0.1, 0.15) is 6.10 Å². The fourth-order valence-electron chi connectivity index (χ4n) is 3.74. The van der Waals surface area contributed by atoms with Crippen LogP contribution in [0, 0.1) is 5.82 Å². The first-order valence-electron chi connectivity index (χ1n) is 10.1. The quantitative estimate of drug-likeness (QED) is 0.563. The van der Waals surface area contributed by atoms with Gasteiger partial charge in [-0.05, 0) is 30.0 Å². The van der Waals surface area contributed by atoms with Crippen molar-refractivity contribution >= 4 is 33.2 Å². The van der Waals surface area contributed by atoms with E-state index in [1.165, 1.54) is 17.4 Å². The van der Waals surface area contributed by atoms with Crippen molar-refractivity contribution in [2.45, 2.75) is 18.9 Å². The van der Waals surface area contributed by atoms with Crippen LogP contribution in [0.1, 0.15) is 34.2 Å². The molecule has 2 aromatic carbocycles. The third kappa shape index (κ3) is 4.70. The maximum absolute atomic E-state index is 13.6. The molecule has 162 valence electrons. The van der Waals surface area contributed by atoms with Gasteiger partial charge in [-0.15, -0.1) is 11.3 Å². The molecule has 1 aliphatic rings. The lowest BCUT2D eigenvalue weighted by Crippen LogP contribution is -2.42. The molecule has 4 rings (SSSR count). The number of hydrogen-bond acceptors (Lipinski definition) is 5. The summed E-state index contributed by atoms with van der Waals surface area (Å²) < 4.78 is 25.9. The molecular formula is C23H23FN2O4S. The maximum Gasteiger partial charge on any atom is 0.259 e. The Morgan fingerprint density at radius 3 is 2.77 bits per heavy atom. The van der Waals surface area contributed by atoms with Gasteiger partial charge >= 0.3 is 0 Å². The largest absolute Gasteiger partial charge is 0.491 e. The molecule has 0 spiro atoms. The molecule has 0 unspecified atom stereocenters. The van der Waals surface area contributed by atoms with E-state index in [4.69, 9.17) is 15.2 Å². The first kappa shape index (κ1) is 21.3. The molecule has 2 heterocycles. The van der Waals surface area contributed by atoms with Gasteiger partial charge in [0, 0.05) is 23.2 Å². The van der Waals surface area contributed by atoms with E-state index >= 15 is 0 Å². The van der Waals surface area contributed by atoms with Crippen LogP contribution >= 0.6 is 11.3 Å². The van der Waals surface area contributed by atoms with Gasteiger partial charge in [-0.3, -0.25) is 9.59 Å². The molecule has 0 radical (unpaired) electrons. The minimum atomic E-state index is -0.492. The van der Waals surface area contributed by atoms with Crippen LogP contribution < -0.4 is 10.5 Å². The van der Waals surface area contributed by atoms with Crippen molar-refractivity contribution in [2.75, 3.05) is 26.3 Å². The number of morpholine rings is 1. The number of primary amides is 1. The summed E-state index contributed by atoms with van der Waals surface area (Å²) in [4.78, 5) is 27.0. The lowest BCUT2D eigenvalue weighted by molar-refractivity contribution is -0.139. The van der Waals surface area contributed by atoms with Gasteiger partial charge in [0.25, 0.3) is 5.91 Å². The summed E-state index contributed by atoms with van der Waals surface area (Å²) in [7, 11) is 0. The molecule has 0 aliphatic carbocycles. The predicted molar refractivity (Wildman–Crippen MR) is 117 cm³/mol. The number of para-hydroxylation sites is 1. The molecule has 6 nitrogen and oxygen atoms in total. The SMILES string of the molecule is NC(=O)c1sc2ccccc2c1[C@@H]1CN(C(=O)CCCOc2ccccc2F)CCO1. The van der Waals surface area contributed by atoms with Crippen molar-refractivity contribution in [3.63, 3.8) is 0 Å². The van der Waals surface area contributed by atoms with Gasteiger partial charge in [-0.25, -0.2) is 4.39 Å². The molecule has 2 amide bonds. The molecule has 1 atom stereocenters. The van der Waals surface area contributed by atoms with Crippen molar-refractivity contribution in [2.24, 2.45) is 5.73 Å². The third-order valence-electron chi connectivity index (χ3n) is 5.23. The average Bonchev–Trinajstić information content (AvgIpc) is 3.18. The van der Waals surface area contributed by atoms with Gasteiger partial charge in [0.05, 0.1) is 24.6 Å². The topological polar surface area (TPSA) is 81.9 Å². The zero-order chi connectivity index (χ0) is 21.8. The first-order valence-corrected chi connectivity index (χ1v) is 10.9. The molecule has 1 fully saturated rings.